The van der Waals surface area contributed by atoms with Crippen LogP contribution in [0.3, 0.4) is 0 Å². The van der Waals surface area contributed by atoms with Crippen LogP contribution in [0, 0.1) is 0 Å². The van der Waals surface area contributed by atoms with Crippen LogP contribution in [0.5, 0.6) is 0 Å². The standard InChI is InChI=1S/C14H24O2/c15-13-7-2-1-5-12(11-13)6-3-8-14-9-4-10-16-14/h11,13-15H,1-10H2. The topological polar surface area (TPSA) is 29.5 Å². The summed E-state index contributed by atoms with van der Waals surface area (Å²) < 4.78 is 5.62. The molecule has 1 N–H and O–H groups in total. The van der Waals surface area contributed by atoms with Gasteiger partial charge in [-0.15, -0.1) is 0 Å². The average Bonchev–Trinajstić information content (AvgIpc) is 2.69. The van der Waals surface area contributed by atoms with Crippen molar-refractivity contribution in [1.82, 2.24) is 0 Å². The summed E-state index contributed by atoms with van der Waals surface area (Å²) in [5.41, 5.74) is 1.47. The Morgan fingerprint density at radius 1 is 1.25 bits per heavy atom. The van der Waals surface area contributed by atoms with Crippen molar-refractivity contribution in [2.75, 3.05) is 6.61 Å². The first-order valence-corrected chi connectivity index (χ1v) is 6.84. The van der Waals surface area contributed by atoms with E-state index in [1.807, 2.05) is 0 Å². The van der Waals surface area contributed by atoms with Gasteiger partial charge in [-0.2, -0.15) is 0 Å². The van der Waals surface area contributed by atoms with Crippen LogP contribution in [0.2, 0.25) is 0 Å². The number of aliphatic hydroxyl groups excluding tert-OH is 1. The first-order chi connectivity index (χ1) is 7.84. The lowest BCUT2D eigenvalue weighted by atomic mass is 10.0. The Morgan fingerprint density at radius 2 is 2.19 bits per heavy atom. The van der Waals surface area contributed by atoms with E-state index in [-0.39, 0.29) is 6.10 Å². The highest BCUT2D eigenvalue weighted by Crippen LogP contribution is 2.24. The van der Waals surface area contributed by atoms with Crippen molar-refractivity contribution >= 4 is 0 Å². The second-order valence-electron chi connectivity index (χ2n) is 5.17. The first-order valence-electron chi connectivity index (χ1n) is 6.84. The molecule has 92 valence electrons. The van der Waals surface area contributed by atoms with E-state index in [0.29, 0.717) is 6.10 Å². The van der Waals surface area contributed by atoms with Gasteiger partial charge in [-0.3, -0.25) is 0 Å². The molecule has 0 aromatic rings. The Kier molecular flexibility index (Phi) is 4.86. The summed E-state index contributed by atoms with van der Waals surface area (Å²) in [5, 5.41) is 9.67. The Labute approximate surface area is 98.7 Å². The normalized spacial score (nSPS) is 31.2. The van der Waals surface area contributed by atoms with E-state index in [0.717, 1.165) is 19.4 Å². The molecule has 2 rings (SSSR count). The van der Waals surface area contributed by atoms with Gasteiger partial charge < -0.3 is 9.84 Å². The highest BCUT2D eigenvalue weighted by atomic mass is 16.5. The largest absolute Gasteiger partial charge is 0.389 e. The molecule has 0 radical (unpaired) electrons. The highest BCUT2D eigenvalue weighted by Gasteiger charge is 2.15. The van der Waals surface area contributed by atoms with Gasteiger partial charge in [0.15, 0.2) is 0 Å². The van der Waals surface area contributed by atoms with Gasteiger partial charge in [0, 0.05) is 6.61 Å². The average molecular weight is 224 g/mol. The van der Waals surface area contributed by atoms with Gasteiger partial charge in [0.05, 0.1) is 12.2 Å². The lowest BCUT2D eigenvalue weighted by Gasteiger charge is -2.10. The number of hydrogen-bond acceptors (Lipinski definition) is 2. The predicted molar refractivity (Wildman–Crippen MR) is 65.4 cm³/mol. The van der Waals surface area contributed by atoms with Gasteiger partial charge >= 0.3 is 0 Å². The van der Waals surface area contributed by atoms with Gasteiger partial charge in [0.2, 0.25) is 0 Å². The van der Waals surface area contributed by atoms with Crippen molar-refractivity contribution in [3.05, 3.63) is 11.6 Å². The lowest BCUT2D eigenvalue weighted by Crippen LogP contribution is -2.04. The SMILES string of the molecule is OC1C=C(CCCC2CCCO2)CCCC1. The van der Waals surface area contributed by atoms with E-state index >= 15 is 0 Å². The molecular formula is C14H24O2. The van der Waals surface area contributed by atoms with Crippen LogP contribution >= 0.6 is 0 Å². The van der Waals surface area contributed by atoms with Crippen molar-refractivity contribution in [2.24, 2.45) is 0 Å². The molecule has 2 aliphatic rings. The predicted octanol–water partition coefficient (Wildman–Crippen LogP) is 3.20. The van der Waals surface area contributed by atoms with Crippen LogP contribution < -0.4 is 0 Å². The number of allylic oxidation sites excluding steroid dienone is 1. The van der Waals surface area contributed by atoms with Gasteiger partial charge in [-0.1, -0.05) is 18.1 Å². The van der Waals surface area contributed by atoms with Gasteiger partial charge in [0.1, 0.15) is 0 Å². The zero-order valence-corrected chi connectivity index (χ0v) is 10.2. The fraction of sp³-hybridized carbons (Fsp3) is 0.857. The molecule has 1 fully saturated rings. The summed E-state index contributed by atoms with van der Waals surface area (Å²) in [6, 6.07) is 0. The monoisotopic (exact) mass is 224 g/mol. The van der Waals surface area contributed by atoms with Crippen molar-refractivity contribution in [1.29, 1.82) is 0 Å². The smallest absolute Gasteiger partial charge is 0.0723 e. The molecule has 16 heavy (non-hydrogen) atoms. The molecule has 0 spiro atoms. The number of hydrogen-bond donors (Lipinski definition) is 1. The van der Waals surface area contributed by atoms with Gasteiger partial charge in [-0.25, -0.2) is 0 Å². The zero-order valence-electron chi connectivity index (χ0n) is 10.2. The quantitative estimate of drug-likeness (QED) is 0.743. The maximum absolute atomic E-state index is 9.67. The van der Waals surface area contributed by atoms with Crippen molar-refractivity contribution in [2.45, 2.75) is 70.0 Å². The molecular weight excluding hydrogens is 200 g/mol. The molecule has 1 saturated heterocycles. The maximum atomic E-state index is 9.67. The summed E-state index contributed by atoms with van der Waals surface area (Å²) in [6.45, 7) is 0.964. The number of rotatable bonds is 4. The van der Waals surface area contributed by atoms with Crippen molar-refractivity contribution in [3.8, 4) is 0 Å². The van der Waals surface area contributed by atoms with Crippen LogP contribution in [-0.4, -0.2) is 23.9 Å². The highest BCUT2D eigenvalue weighted by molar-refractivity contribution is 5.07. The molecule has 0 amide bonds. The Hall–Kier alpha value is -0.340. The van der Waals surface area contributed by atoms with E-state index in [9.17, 15) is 5.11 Å². The summed E-state index contributed by atoms with van der Waals surface area (Å²) in [7, 11) is 0. The second kappa shape index (κ2) is 6.41. The molecule has 2 heteroatoms. The molecule has 0 bridgehead atoms. The molecule has 2 unspecified atom stereocenters. The second-order valence-corrected chi connectivity index (χ2v) is 5.17. The van der Waals surface area contributed by atoms with Crippen molar-refractivity contribution in [3.63, 3.8) is 0 Å². The lowest BCUT2D eigenvalue weighted by molar-refractivity contribution is 0.102. The summed E-state index contributed by atoms with van der Waals surface area (Å²) in [5.74, 6) is 0. The van der Waals surface area contributed by atoms with Crippen LogP contribution in [0.1, 0.15) is 57.8 Å². The van der Waals surface area contributed by atoms with Crippen molar-refractivity contribution < 1.29 is 9.84 Å². The summed E-state index contributed by atoms with van der Waals surface area (Å²) >= 11 is 0. The molecule has 0 aromatic heterocycles. The summed E-state index contributed by atoms with van der Waals surface area (Å²) in [4.78, 5) is 0. The van der Waals surface area contributed by atoms with Crippen LogP contribution in [0.25, 0.3) is 0 Å². The third-order valence-electron chi connectivity index (χ3n) is 3.72. The number of aliphatic hydroxyl groups is 1. The first kappa shape index (κ1) is 12.1. The molecule has 0 saturated carbocycles. The molecule has 1 aliphatic heterocycles. The molecule has 1 heterocycles. The minimum atomic E-state index is -0.180. The molecule has 2 atom stereocenters. The zero-order chi connectivity index (χ0) is 11.2. The Bertz CT molecular complexity index is 229. The van der Waals surface area contributed by atoms with Crippen LogP contribution in [-0.2, 0) is 4.74 Å². The molecule has 1 aliphatic carbocycles. The summed E-state index contributed by atoms with van der Waals surface area (Å²) in [6.07, 6.45) is 13.1. The fourth-order valence-electron chi connectivity index (χ4n) is 2.78. The van der Waals surface area contributed by atoms with Gasteiger partial charge in [0.25, 0.3) is 0 Å². The molecule has 0 aromatic carbocycles. The number of ether oxygens (including phenoxy) is 1. The van der Waals surface area contributed by atoms with Crippen LogP contribution in [0.15, 0.2) is 11.6 Å². The maximum Gasteiger partial charge on any atom is 0.0723 e. The molecule has 2 nitrogen and oxygen atoms in total. The van der Waals surface area contributed by atoms with E-state index in [2.05, 4.69) is 6.08 Å². The third-order valence-corrected chi connectivity index (χ3v) is 3.72. The van der Waals surface area contributed by atoms with Gasteiger partial charge in [-0.05, 0) is 51.4 Å². The third kappa shape index (κ3) is 3.91. The van der Waals surface area contributed by atoms with E-state index in [1.165, 1.54) is 50.5 Å². The Morgan fingerprint density at radius 3 is 3.00 bits per heavy atom. The Balaban J connectivity index is 1.67. The fourth-order valence-corrected chi connectivity index (χ4v) is 2.78. The van der Waals surface area contributed by atoms with E-state index < -0.39 is 0 Å². The van der Waals surface area contributed by atoms with E-state index in [1.54, 1.807) is 0 Å². The van der Waals surface area contributed by atoms with E-state index in [4.69, 9.17) is 4.74 Å². The minimum Gasteiger partial charge on any atom is -0.389 e. The minimum absolute atomic E-state index is 0.180. The van der Waals surface area contributed by atoms with Crippen LogP contribution in [0.4, 0.5) is 0 Å².